The van der Waals surface area contributed by atoms with Crippen molar-refractivity contribution in [3.05, 3.63) is 46.4 Å². The molecule has 5 heteroatoms. The van der Waals surface area contributed by atoms with E-state index >= 15 is 0 Å². The smallest absolute Gasteiger partial charge is 0.291 e. The topological polar surface area (TPSA) is 60.3 Å². The molecule has 1 N–H and O–H groups in total. The Bertz CT molecular complexity index is 701. The van der Waals surface area contributed by atoms with Crippen LogP contribution in [0, 0.1) is 0 Å². The van der Waals surface area contributed by atoms with E-state index in [1.165, 1.54) is 7.11 Å². The van der Waals surface area contributed by atoms with Gasteiger partial charge in [-0.2, -0.15) is 0 Å². The first-order valence-corrected chi connectivity index (χ1v) is 6.21. The molecule has 0 saturated heterocycles. The molecule has 0 spiro atoms. The first-order valence-electron chi connectivity index (χ1n) is 6.21. The van der Waals surface area contributed by atoms with E-state index in [2.05, 4.69) is 5.32 Å². The molecule has 98 valence electrons. The third kappa shape index (κ3) is 2.07. The van der Waals surface area contributed by atoms with Crippen LogP contribution in [0.15, 0.2) is 35.1 Å². The summed E-state index contributed by atoms with van der Waals surface area (Å²) in [5.74, 6) is -0.271. The number of fused-ring (bicyclic) bond motifs is 1. The Hall–Kier alpha value is -2.30. The maximum atomic E-state index is 12.2. The van der Waals surface area contributed by atoms with Crippen LogP contribution >= 0.6 is 0 Å². The first kappa shape index (κ1) is 11.8. The van der Waals surface area contributed by atoms with Gasteiger partial charge in [0.25, 0.3) is 11.5 Å². The minimum Gasteiger partial charge on any atom is -0.413 e. The summed E-state index contributed by atoms with van der Waals surface area (Å²) in [6.07, 6.45) is 1.99. The van der Waals surface area contributed by atoms with Gasteiger partial charge in [-0.3, -0.25) is 9.59 Å². The zero-order valence-electron chi connectivity index (χ0n) is 10.6. The molecule has 1 fully saturated rings. The summed E-state index contributed by atoms with van der Waals surface area (Å²) in [4.78, 5) is 29.4. The zero-order chi connectivity index (χ0) is 13.4. The Labute approximate surface area is 109 Å². The monoisotopic (exact) mass is 258 g/mol. The summed E-state index contributed by atoms with van der Waals surface area (Å²) < 4.78 is 1.04. The van der Waals surface area contributed by atoms with Gasteiger partial charge < -0.3 is 10.2 Å². The molecule has 2 aromatic rings. The molecule has 1 aliphatic carbocycles. The van der Waals surface area contributed by atoms with Crippen molar-refractivity contribution in [3.63, 3.8) is 0 Å². The van der Waals surface area contributed by atoms with E-state index in [-0.39, 0.29) is 23.2 Å². The lowest BCUT2D eigenvalue weighted by Gasteiger charge is -2.12. The molecule has 0 aliphatic heterocycles. The normalized spacial score (nSPS) is 14.4. The highest BCUT2D eigenvalue weighted by Gasteiger charge is 2.26. The van der Waals surface area contributed by atoms with Gasteiger partial charge in [-0.1, -0.05) is 18.2 Å². The van der Waals surface area contributed by atoms with E-state index < -0.39 is 0 Å². The van der Waals surface area contributed by atoms with Gasteiger partial charge in [0.1, 0.15) is 12.8 Å². The van der Waals surface area contributed by atoms with E-state index in [4.69, 9.17) is 4.84 Å². The average molecular weight is 258 g/mol. The molecular weight excluding hydrogens is 244 g/mol. The number of benzene rings is 1. The predicted molar refractivity (Wildman–Crippen MR) is 71.2 cm³/mol. The van der Waals surface area contributed by atoms with Crippen molar-refractivity contribution < 1.29 is 9.63 Å². The zero-order valence-corrected chi connectivity index (χ0v) is 10.6. The van der Waals surface area contributed by atoms with E-state index in [0.717, 1.165) is 23.0 Å². The molecule has 1 aromatic heterocycles. The minimum atomic E-state index is -0.318. The number of rotatable bonds is 3. The van der Waals surface area contributed by atoms with Gasteiger partial charge in [0.2, 0.25) is 0 Å². The lowest BCUT2D eigenvalue weighted by Crippen LogP contribution is -2.35. The van der Waals surface area contributed by atoms with Crippen LogP contribution in [0.25, 0.3) is 10.8 Å². The number of aromatic nitrogens is 1. The molecule has 0 unspecified atom stereocenters. The van der Waals surface area contributed by atoms with Gasteiger partial charge in [-0.25, -0.2) is 0 Å². The molecule has 0 radical (unpaired) electrons. The van der Waals surface area contributed by atoms with Crippen LogP contribution in [0.5, 0.6) is 0 Å². The number of carbonyl (C=O) groups excluding carboxylic acids is 1. The third-order valence-electron chi connectivity index (χ3n) is 3.21. The van der Waals surface area contributed by atoms with E-state index in [1.54, 1.807) is 18.2 Å². The average Bonchev–Trinajstić information content (AvgIpc) is 3.22. The number of amides is 1. The lowest BCUT2D eigenvalue weighted by molar-refractivity contribution is 0.0882. The third-order valence-corrected chi connectivity index (χ3v) is 3.21. The number of nitrogens with zero attached hydrogens (tertiary/aromatic N) is 1. The second-order valence-electron chi connectivity index (χ2n) is 4.65. The highest BCUT2D eigenvalue weighted by molar-refractivity contribution is 5.96. The van der Waals surface area contributed by atoms with Crippen LogP contribution in [0.1, 0.15) is 23.3 Å². The van der Waals surface area contributed by atoms with Crippen LogP contribution in [0.3, 0.4) is 0 Å². The van der Waals surface area contributed by atoms with Crippen molar-refractivity contribution in [3.8, 4) is 0 Å². The van der Waals surface area contributed by atoms with E-state index in [0.29, 0.717) is 5.39 Å². The van der Waals surface area contributed by atoms with E-state index in [1.807, 2.05) is 12.1 Å². The number of hydrogen-bond donors (Lipinski definition) is 1. The molecule has 1 heterocycles. The van der Waals surface area contributed by atoms with Gasteiger partial charge in [0.15, 0.2) is 0 Å². The predicted octanol–water partition coefficient (Wildman–Crippen LogP) is 0.952. The summed E-state index contributed by atoms with van der Waals surface area (Å²) in [7, 11) is 1.38. The van der Waals surface area contributed by atoms with Gasteiger partial charge in [0.05, 0.1) is 5.39 Å². The van der Waals surface area contributed by atoms with Gasteiger partial charge >= 0.3 is 0 Å². The molecule has 1 saturated carbocycles. The summed E-state index contributed by atoms with van der Waals surface area (Å²) >= 11 is 0. The second kappa shape index (κ2) is 4.42. The Kier molecular flexibility index (Phi) is 2.74. The summed E-state index contributed by atoms with van der Waals surface area (Å²) in [5, 5.41) is 4.13. The fourth-order valence-corrected chi connectivity index (χ4v) is 2.07. The van der Waals surface area contributed by atoms with Crippen molar-refractivity contribution >= 4 is 16.7 Å². The summed E-state index contributed by atoms with van der Waals surface area (Å²) in [6.45, 7) is 0. The molecule has 1 amide bonds. The molecule has 5 nitrogen and oxygen atoms in total. The second-order valence-corrected chi connectivity index (χ2v) is 4.65. The van der Waals surface area contributed by atoms with Crippen LogP contribution in [-0.2, 0) is 0 Å². The van der Waals surface area contributed by atoms with Crippen LogP contribution in [0.2, 0.25) is 0 Å². The van der Waals surface area contributed by atoms with Gasteiger partial charge in [-0.05, 0) is 30.4 Å². The number of hydrogen-bond acceptors (Lipinski definition) is 3. The van der Waals surface area contributed by atoms with Crippen molar-refractivity contribution in [2.24, 2.45) is 0 Å². The van der Waals surface area contributed by atoms with Crippen LogP contribution < -0.4 is 15.7 Å². The Morgan fingerprint density at radius 2 is 2.11 bits per heavy atom. The summed E-state index contributed by atoms with van der Waals surface area (Å²) in [6, 6.07) is 9.06. The molecule has 1 aliphatic rings. The fourth-order valence-electron chi connectivity index (χ4n) is 2.07. The number of nitrogens with one attached hydrogen (secondary N) is 1. The van der Waals surface area contributed by atoms with Crippen molar-refractivity contribution in [1.82, 2.24) is 10.0 Å². The highest BCUT2D eigenvalue weighted by Crippen LogP contribution is 2.19. The fraction of sp³-hybridized carbons (Fsp3) is 0.286. The van der Waals surface area contributed by atoms with E-state index in [9.17, 15) is 9.59 Å². The SMILES string of the molecule is COn1c(C(=O)NC2CC2)cc2ccccc2c1=O. The quantitative estimate of drug-likeness (QED) is 0.891. The molecule has 0 bridgehead atoms. The first-order chi connectivity index (χ1) is 9.20. The highest BCUT2D eigenvalue weighted by atomic mass is 16.6. The molecule has 0 atom stereocenters. The summed E-state index contributed by atoms with van der Waals surface area (Å²) in [5.41, 5.74) is -0.0837. The minimum absolute atomic E-state index is 0.234. The number of carbonyl (C=O) groups is 1. The van der Waals surface area contributed by atoms with Crippen LogP contribution in [-0.4, -0.2) is 23.8 Å². The Balaban J connectivity index is 2.16. The number of pyridine rings is 1. The van der Waals surface area contributed by atoms with Crippen molar-refractivity contribution in [1.29, 1.82) is 0 Å². The molecule has 19 heavy (non-hydrogen) atoms. The van der Waals surface area contributed by atoms with Crippen molar-refractivity contribution in [2.75, 3.05) is 7.11 Å². The molecule has 1 aromatic carbocycles. The molecular formula is C14H14N2O3. The maximum absolute atomic E-state index is 12.2. The van der Waals surface area contributed by atoms with Crippen LogP contribution in [0.4, 0.5) is 0 Å². The Morgan fingerprint density at radius 3 is 2.79 bits per heavy atom. The largest absolute Gasteiger partial charge is 0.413 e. The molecule has 3 rings (SSSR count). The standard InChI is InChI=1S/C14H14N2O3/c1-19-16-12(13(17)15-10-6-7-10)8-9-4-2-3-5-11(9)14(16)18/h2-5,8,10H,6-7H2,1H3,(H,15,17). The lowest BCUT2D eigenvalue weighted by atomic mass is 10.1. The Morgan fingerprint density at radius 1 is 1.37 bits per heavy atom. The van der Waals surface area contributed by atoms with Gasteiger partial charge in [-0.15, -0.1) is 4.73 Å². The van der Waals surface area contributed by atoms with Crippen molar-refractivity contribution in [2.45, 2.75) is 18.9 Å². The van der Waals surface area contributed by atoms with Gasteiger partial charge in [0, 0.05) is 6.04 Å². The maximum Gasteiger partial charge on any atom is 0.291 e.